The van der Waals surface area contributed by atoms with Gasteiger partial charge in [-0.1, -0.05) is 23.7 Å². The molecule has 0 spiro atoms. The van der Waals surface area contributed by atoms with Gasteiger partial charge in [0.05, 0.1) is 17.8 Å². The summed E-state index contributed by atoms with van der Waals surface area (Å²) >= 11 is 5.83. The van der Waals surface area contributed by atoms with Crippen LogP contribution >= 0.6 is 11.6 Å². The number of ether oxygens (including phenoxy) is 2. The molecule has 1 aromatic carbocycles. The van der Waals surface area contributed by atoms with Gasteiger partial charge in [0.2, 0.25) is 0 Å². The van der Waals surface area contributed by atoms with Gasteiger partial charge in [0, 0.05) is 5.56 Å². The molecular formula is C14H9ClF3NO3. The highest BCUT2D eigenvalue weighted by Gasteiger charge is 2.32. The van der Waals surface area contributed by atoms with Gasteiger partial charge >= 0.3 is 12.3 Å². The molecule has 22 heavy (non-hydrogen) atoms. The molecule has 1 heterocycles. The number of aromatic nitrogens is 1. The van der Waals surface area contributed by atoms with Crippen molar-refractivity contribution < 1.29 is 27.4 Å². The van der Waals surface area contributed by atoms with Crippen molar-refractivity contribution in [1.29, 1.82) is 0 Å². The number of hydrogen-bond acceptors (Lipinski definition) is 4. The van der Waals surface area contributed by atoms with Crippen molar-refractivity contribution in [3.05, 3.63) is 47.1 Å². The number of pyridine rings is 1. The fraction of sp³-hybridized carbons (Fsp3) is 0.143. The molecule has 0 N–H and O–H groups in total. The summed E-state index contributed by atoms with van der Waals surface area (Å²) in [7, 11) is 1.15. The van der Waals surface area contributed by atoms with Gasteiger partial charge in [0.1, 0.15) is 5.75 Å². The number of carbonyl (C=O) groups excluding carboxylic acids is 1. The standard InChI is InChI=1S/C14H9ClF3NO3/c1-21-13(20)12-9(15)6-7-10(19-12)8-4-2-3-5-11(8)22-14(16,17)18/h2-7H,1H3. The molecule has 116 valence electrons. The van der Waals surface area contributed by atoms with E-state index in [9.17, 15) is 18.0 Å². The van der Waals surface area contributed by atoms with Crippen molar-refractivity contribution >= 4 is 17.6 Å². The molecule has 2 aromatic rings. The summed E-state index contributed by atoms with van der Waals surface area (Å²) in [6.07, 6.45) is -4.84. The Hall–Kier alpha value is -2.28. The van der Waals surface area contributed by atoms with Crippen LogP contribution in [0.25, 0.3) is 11.3 Å². The van der Waals surface area contributed by atoms with Gasteiger partial charge in [-0.3, -0.25) is 0 Å². The molecule has 0 saturated carbocycles. The van der Waals surface area contributed by atoms with Crippen LogP contribution in [0.1, 0.15) is 10.5 Å². The molecule has 0 saturated heterocycles. The average molecular weight is 332 g/mol. The lowest BCUT2D eigenvalue weighted by Gasteiger charge is -2.13. The van der Waals surface area contributed by atoms with E-state index >= 15 is 0 Å². The van der Waals surface area contributed by atoms with Crippen molar-refractivity contribution in [3.63, 3.8) is 0 Å². The molecule has 0 atom stereocenters. The second-order valence-corrected chi connectivity index (χ2v) is 4.47. The molecule has 0 bridgehead atoms. The van der Waals surface area contributed by atoms with Crippen LogP contribution in [0.15, 0.2) is 36.4 Å². The Balaban J connectivity index is 2.51. The van der Waals surface area contributed by atoms with E-state index in [1.165, 1.54) is 30.3 Å². The first-order valence-corrected chi connectivity index (χ1v) is 6.29. The van der Waals surface area contributed by atoms with Gasteiger partial charge in [0.25, 0.3) is 0 Å². The van der Waals surface area contributed by atoms with Crippen LogP contribution in [-0.4, -0.2) is 24.4 Å². The van der Waals surface area contributed by atoms with Gasteiger partial charge in [-0.25, -0.2) is 9.78 Å². The number of para-hydroxylation sites is 1. The maximum atomic E-state index is 12.4. The summed E-state index contributed by atoms with van der Waals surface area (Å²) in [6, 6.07) is 8.18. The molecular weight excluding hydrogens is 323 g/mol. The third-order valence-electron chi connectivity index (χ3n) is 2.61. The zero-order valence-corrected chi connectivity index (χ0v) is 11.9. The minimum atomic E-state index is -4.84. The minimum absolute atomic E-state index is 0.0322. The molecule has 1 aromatic heterocycles. The quantitative estimate of drug-likeness (QED) is 0.795. The Labute approximate surface area is 128 Å². The molecule has 2 rings (SSSR count). The summed E-state index contributed by atoms with van der Waals surface area (Å²) in [5.74, 6) is -1.22. The molecule has 0 unspecified atom stereocenters. The predicted molar refractivity (Wildman–Crippen MR) is 72.7 cm³/mol. The summed E-state index contributed by atoms with van der Waals surface area (Å²) in [5.41, 5.74) is -0.0187. The summed E-state index contributed by atoms with van der Waals surface area (Å²) in [5, 5.41) is 0.0322. The van der Waals surface area contributed by atoms with Crippen LogP contribution in [0.3, 0.4) is 0 Å². The van der Waals surface area contributed by atoms with E-state index in [-0.39, 0.29) is 22.0 Å². The highest BCUT2D eigenvalue weighted by molar-refractivity contribution is 6.33. The summed E-state index contributed by atoms with van der Waals surface area (Å²) in [4.78, 5) is 15.5. The first kappa shape index (κ1) is 16.1. The van der Waals surface area contributed by atoms with Crippen LogP contribution in [0.4, 0.5) is 13.2 Å². The second-order valence-electron chi connectivity index (χ2n) is 4.06. The van der Waals surface area contributed by atoms with Crippen molar-refractivity contribution in [2.75, 3.05) is 7.11 Å². The molecule has 0 fully saturated rings. The number of rotatable bonds is 3. The Morgan fingerprint density at radius 2 is 1.86 bits per heavy atom. The van der Waals surface area contributed by atoms with E-state index in [0.29, 0.717) is 0 Å². The van der Waals surface area contributed by atoms with Gasteiger partial charge in [0.15, 0.2) is 5.69 Å². The second kappa shape index (κ2) is 6.23. The zero-order valence-electron chi connectivity index (χ0n) is 11.1. The van der Waals surface area contributed by atoms with Crippen LogP contribution in [-0.2, 0) is 4.74 Å². The van der Waals surface area contributed by atoms with Gasteiger partial charge in [-0.2, -0.15) is 0 Å². The van der Waals surface area contributed by atoms with Crippen molar-refractivity contribution in [2.24, 2.45) is 0 Å². The normalized spacial score (nSPS) is 11.1. The fourth-order valence-corrected chi connectivity index (χ4v) is 1.91. The highest BCUT2D eigenvalue weighted by atomic mass is 35.5. The molecule has 0 aliphatic carbocycles. The number of nitrogens with zero attached hydrogens (tertiary/aromatic N) is 1. The number of alkyl halides is 3. The van der Waals surface area contributed by atoms with Crippen molar-refractivity contribution in [2.45, 2.75) is 6.36 Å². The third kappa shape index (κ3) is 3.67. The molecule has 0 amide bonds. The Kier molecular flexibility index (Phi) is 4.56. The van der Waals surface area contributed by atoms with Crippen LogP contribution in [0.2, 0.25) is 5.02 Å². The molecule has 0 aliphatic rings. The average Bonchev–Trinajstić information content (AvgIpc) is 2.46. The van der Waals surface area contributed by atoms with E-state index in [4.69, 9.17) is 11.6 Å². The number of methoxy groups -OCH3 is 1. The fourth-order valence-electron chi connectivity index (χ4n) is 1.72. The smallest absolute Gasteiger partial charge is 0.464 e. The van der Waals surface area contributed by atoms with Gasteiger partial charge in [-0.15, -0.1) is 13.2 Å². The van der Waals surface area contributed by atoms with Crippen LogP contribution in [0.5, 0.6) is 5.75 Å². The first-order chi connectivity index (χ1) is 10.3. The maximum absolute atomic E-state index is 12.4. The predicted octanol–water partition coefficient (Wildman–Crippen LogP) is 4.09. The van der Waals surface area contributed by atoms with E-state index in [1.807, 2.05) is 0 Å². The Bertz CT molecular complexity index is 704. The molecule has 4 nitrogen and oxygen atoms in total. The lowest BCUT2D eigenvalue weighted by atomic mass is 10.1. The number of hydrogen-bond donors (Lipinski definition) is 0. The largest absolute Gasteiger partial charge is 0.573 e. The van der Waals surface area contributed by atoms with E-state index in [0.717, 1.165) is 13.2 Å². The van der Waals surface area contributed by atoms with Crippen molar-refractivity contribution in [1.82, 2.24) is 4.98 Å². The lowest BCUT2D eigenvalue weighted by molar-refractivity contribution is -0.274. The first-order valence-electron chi connectivity index (χ1n) is 5.92. The summed E-state index contributed by atoms with van der Waals surface area (Å²) in [6.45, 7) is 0. The SMILES string of the molecule is COC(=O)c1nc(-c2ccccc2OC(F)(F)F)ccc1Cl. The van der Waals surface area contributed by atoms with Gasteiger partial charge in [-0.05, 0) is 24.3 Å². The van der Waals surface area contributed by atoms with Crippen LogP contribution < -0.4 is 4.74 Å². The Morgan fingerprint density at radius 1 is 1.18 bits per heavy atom. The topological polar surface area (TPSA) is 48.4 Å². The molecule has 0 aliphatic heterocycles. The maximum Gasteiger partial charge on any atom is 0.573 e. The van der Waals surface area contributed by atoms with Crippen LogP contribution in [0, 0.1) is 0 Å². The van der Waals surface area contributed by atoms with E-state index in [2.05, 4.69) is 14.5 Å². The number of carbonyl (C=O) groups is 1. The number of esters is 1. The monoisotopic (exact) mass is 331 g/mol. The van der Waals surface area contributed by atoms with E-state index < -0.39 is 18.1 Å². The Morgan fingerprint density at radius 3 is 2.50 bits per heavy atom. The molecule has 0 radical (unpaired) electrons. The third-order valence-corrected chi connectivity index (χ3v) is 2.92. The van der Waals surface area contributed by atoms with Crippen molar-refractivity contribution in [3.8, 4) is 17.0 Å². The molecule has 8 heteroatoms. The number of benzene rings is 1. The minimum Gasteiger partial charge on any atom is -0.464 e. The zero-order chi connectivity index (χ0) is 16.3. The number of halogens is 4. The highest BCUT2D eigenvalue weighted by Crippen LogP contribution is 2.33. The lowest BCUT2D eigenvalue weighted by Crippen LogP contribution is -2.17. The van der Waals surface area contributed by atoms with E-state index in [1.54, 1.807) is 0 Å². The summed E-state index contributed by atoms with van der Waals surface area (Å²) < 4.78 is 45.8. The van der Waals surface area contributed by atoms with Gasteiger partial charge < -0.3 is 9.47 Å².